The summed E-state index contributed by atoms with van der Waals surface area (Å²) in [6.45, 7) is 6.69. The average molecular weight is 358 g/mol. The third kappa shape index (κ3) is 4.72. The van der Waals surface area contributed by atoms with Gasteiger partial charge in [-0.1, -0.05) is 6.07 Å². The van der Waals surface area contributed by atoms with Crippen molar-refractivity contribution >= 4 is 11.6 Å². The molecule has 0 aromatic heterocycles. The van der Waals surface area contributed by atoms with Gasteiger partial charge in [-0.05, 0) is 50.6 Å². The van der Waals surface area contributed by atoms with E-state index >= 15 is 0 Å². The van der Waals surface area contributed by atoms with E-state index in [0.717, 1.165) is 5.56 Å². The number of ether oxygens (including phenoxy) is 2. The van der Waals surface area contributed by atoms with Crippen molar-refractivity contribution in [3.8, 4) is 11.5 Å². The van der Waals surface area contributed by atoms with Crippen molar-refractivity contribution in [3.05, 3.63) is 63.7 Å². The van der Waals surface area contributed by atoms with E-state index in [1.165, 1.54) is 24.3 Å². The molecule has 1 amide bonds. The molecule has 1 atom stereocenters. The van der Waals surface area contributed by atoms with Crippen LogP contribution in [-0.2, 0) is 0 Å². The molecule has 1 N–H and O–H groups in total. The lowest BCUT2D eigenvalue weighted by atomic mass is 10.1. The molecule has 1 unspecified atom stereocenters. The van der Waals surface area contributed by atoms with Gasteiger partial charge in [0.15, 0.2) is 11.5 Å². The molecule has 2 aromatic rings. The number of non-ortho nitro benzene ring substituents is 1. The molecule has 0 radical (unpaired) electrons. The summed E-state index contributed by atoms with van der Waals surface area (Å²) in [6.07, 6.45) is 0. The summed E-state index contributed by atoms with van der Waals surface area (Å²) >= 11 is 0. The molecule has 7 heteroatoms. The maximum absolute atomic E-state index is 12.4. The number of rotatable bonds is 8. The number of carbonyl (C=O) groups excluding carboxylic acids is 1. The van der Waals surface area contributed by atoms with Crippen LogP contribution in [0.3, 0.4) is 0 Å². The van der Waals surface area contributed by atoms with E-state index in [0.29, 0.717) is 30.3 Å². The zero-order valence-electron chi connectivity index (χ0n) is 15.0. The summed E-state index contributed by atoms with van der Waals surface area (Å²) in [5.74, 6) is 0.981. The van der Waals surface area contributed by atoms with Crippen LogP contribution in [0.4, 0.5) is 5.69 Å². The Morgan fingerprint density at radius 3 is 2.27 bits per heavy atom. The van der Waals surface area contributed by atoms with E-state index in [1.54, 1.807) is 0 Å². The maximum atomic E-state index is 12.4. The molecule has 2 aromatic carbocycles. The van der Waals surface area contributed by atoms with Crippen molar-refractivity contribution in [1.29, 1.82) is 0 Å². The number of carbonyl (C=O) groups is 1. The molecule has 0 aliphatic carbocycles. The van der Waals surface area contributed by atoms with Gasteiger partial charge in [0.2, 0.25) is 0 Å². The number of nitrogens with zero attached hydrogens (tertiary/aromatic N) is 1. The first-order valence-corrected chi connectivity index (χ1v) is 8.41. The minimum Gasteiger partial charge on any atom is -0.490 e. The van der Waals surface area contributed by atoms with Gasteiger partial charge in [-0.3, -0.25) is 14.9 Å². The molecule has 0 saturated carbocycles. The number of nitro groups is 1. The first-order chi connectivity index (χ1) is 12.5. The molecule has 0 heterocycles. The van der Waals surface area contributed by atoms with Crippen LogP contribution in [0, 0.1) is 10.1 Å². The molecular weight excluding hydrogens is 336 g/mol. The summed E-state index contributed by atoms with van der Waals surface area (Å²) in [7, 11) is 0. The van der Waals surface area contributed by atoms with Crippen LogP contribution in [0.25, 0.3) is 0 Å². The topological polar surface area (TPSA) is 90.7 Å². The Hall–Kier alpha value is -3.09. The molecule has 0 saturated heterocycles. The average Bonchev–Trinajstić information content (AvgIpc) is 2.63. The van der Waals surface area contributed by atoms with Crippen LogP contribution < -0.4 is 14.8 Å². The van der Waals surface area contributed by atoms with Gasteiger partial charge in [-0.2, -0.15) is 0 Å². The normalized spacial score (nSPS) is 11.5. The fourth-order valence-electron chi connectivity index (χ4n) is 2.43. The highest BCUT2D eigenvalue weighted by molar-refractivity contribution is 5.94. The van der Waals surface area contributed by atoms with Crippen LogP contribution in [0.5, 0.6) is 11.5 Å². The zero-order valence-corrected chi connectivity index (χ0v) is 15.0. The second-order valence-corrected chi connectivity index (χ2v) is 5.57. The molecule has 138 valence electrons. The van der Waals surface area contributed by atoms with Gasteiger partial charge >= 0.3 is 0 Å². The molecule has 0 fully saturated rings. The molecule has 0 bridgehead atoms. The van der Waals surface area contributed by atoms with Crippen LogP contribution in [0.1, 0.15) is 42.7 Å². The quantitative estimate of drug-likeness (QED) is 0.571. The number of hydrogen-bond donors (Lipinski definition) is 1. The summed E-state index contributed by atoms with van der Waals surface area (Å²) in [5, 5.41) is 13.6. The molecule has 0 spiro atoms. The van der Waals surface area contributed by atoms with Crippen molar-refractivity contribution in [1.82, 2.24) is 5.32 Å². The van der Waals surface area contributed by atoms with E-state index in [1.807, 2.05) is 39.0 Å². The standard InChI is InChI=1S/C19H22N2O5/c1-4-25-17-11-8-15(12-18(17)26-5-2)13(3)20-19(22)14-6-9-16(10-7-14)21(23)24/h6-13H,4-5H2,1-3H3,(H,20,22). The molecular formula is C19H22N2O5. The lowest BCUT2D eigenvalue weighted by molar-refractivity contribution is -0.384. The fourth-order valence-corrected chi connectivity index (χ4v) is 2.43. The highest BCUT2D eigenvalue weighted by Gasteiger charge is 2.15. The van der Waals surface area contributed by atoms with Crippen molar-refractivity contribution in [2.75, 3.05) is 13.2 Å². The second-order valence-electron chi connectivity index (χ2n) is 5.57. The molecule has 0 aliphatic rings. The summed E-state index contributed by atoms with van der Waals surface area (Å²) in [5.41, 5.74) is 1.17. The monoisotopic (exact) mass is 358 g/mol. The van der Waals surface area contributed by atoms with Crippen molar-refractivity contribution in [2.24, 2.45) is 0 Å². The van der Waals surface area contributed by atoms with Crippen molar-refractivity contribution in [2.45, 2.75) is 26.8 Å². The fraction of sp³-hybridized carbons (Fsp3) is 0.316. The summed E-state index contributed by atoms with van der Waals surface area (Å²) in [4.78, 5) is 22.5. The largest absolute Gasteiger partial charge is 0.490 e. The number of benzene rings is 2. The Bertz CT molecular complexity index is 774. The van der Waals surface area contributed by atoms with Gasteiger partial charge < -0.3 is 14.8 Å². The van der Waals surface area contributed by atoms with Crippen molar-refractivity contribution in [3.63, 3.8) is 0 Å². The SMILES string of the molecule is CCOc1ccc(C(C)NC(=O)c2ccc([N+](=O)[O-])cc2)cc1OCC. The van der Waals surface area contributed by atoms with E-state index < -0.39 is 4.92 Å². The number of amides is 1. The smallest absolute Gasteiger partial charge is 0.269 e. The van der Waals surface area contributed by atoms with Gasteiger partial charge in [0, 0.05) is 17.7 Å². The lowest BCUT2D eigenvalue weighted by Crippen LogP contribution is -2.26. The first kappa shape index (κ1) is 19.2. The first-order valence-electron chi connectivity index (χ1n) is 8.41. The molecule has 2 rings (SSSR count). The van der Waals surface area contributed by atoms with E-state index in [2.05, 4.69) is 5.32 Å². The van der Waals surface area contributed by atoms with Crippen LogP contribution >= 0.6 is 0 Å². The summed E-state index contributed by atoms with van der Waals surface area (Å²) in [6, 6.07) is 10.7. The van der Waals surface area contributed by atoms with Gasteiger partial charge in [-0.15, -0.1) is 0 Å². The van der Waals surface area contributed by atoms with Gasteiger partial charge in [-0.25, -0.2) is 0 Å². The number of hydrogen-bond acceptors (Lipinski definition) is 5. The van der Waals surface area contributed by atoms with Crippen LogP contribution in [-0.4, -0.2) is 24.0 Å². The zero-order chi connectivity index (χ0) is 19.1. The highest BCUT2D eigenvalue weighted by atomic mass is 16.6. The van der Waals surface area contributed by atoms with Crippen LogP contribution in [0.15, 0.2) is 42.5 Å². The maximum Gasteiger partial charge on any atom is 0.269 e. The second kappa shape index (κ2) is 8.84. The van der Waals surface area contributed by atoms with E-state index in [4.69, 9.17) is 9.47 Å². The number of nitrogens with one attached hydrogen (secondary N) is 1. The Morgan fingerprint density at radius 1 is 1.08 bits per heavy atom. The highest BCUT2D eigenvalue weighted by Crippen LogP contribution is 2.30. The Morgan fingerprint density at radius 2 is 1.69 bits per heavy atom. The predicted molar refractivity (Wildman–Crippen MR) is 97.8 cm³/mol. The van der Waals surface area contributed by atoms with E-state index in [9.17, 15) is 14.9 Å². The van der Waals surface area contributed by atoms with Crippen LogP contribution in [0.2, 0.25) is 0 Å². The summed E-state index contributed by atoms with van der Waals surface area (Å²) < 4.78 is 11.1. The van der Waals surface area contributed by atoms with Gasteiger partial charge in [0.25, 0.3) is 11.6 Å². The minimum absolute atomic E-state index is 0.0533. The molecule has 26 heavy (non-hydrogen) atoms. The predicted octanol–water partition coefficient (Wildman–Crippen LogP) is 3.88. The molecule has 0 aliphatic heterocycles. The Kier molecular flexibility index (Phi) is 6.54. The Balaban J connectivity index is 2.12. The van der Waals surface area contributed by atoms with Crippen molar-refractivity contribution < 1.29 is 19.2 Å². The minimum atomic E-state index is -0.501. The third-order valence-corrected chi connectivity index (χ3v) is 3.76. The lowest BCUT2D eigenvalue weighted by Gasteiger charge is -2.17. The van der Waals surface area contributed by atoms with E-state index in [-0.39, 0.29) is 17.6 Å². The van der Waals surface area contributed by atoms with Gasteiger partial charge in [0.05, 0.1) is 24.2 Å². The number of nitro benzene ring substituents is 1. The molecule has 7 nitrogen and oxygen atoms in total. The van der Waals surface area contributed by atoms with Gasteiger partial charge in [0.1, 0.15) is 0 Å². The Labute approximate surface area is 152 Å². The third-order valence-electron chi connectivity index (χ3n) is 3.76.